The van der Waals surface area contributed by atoms with Gasteiger partial charge in [-0.05, 0) is 55.8 Å². The summed E-state index contributed by atoms with van der Waals surface area (Å²) in [6.45, 7) is 3.32. The van der Waals surface area contributed by atoms with Gasteiger partial charge in [0.05, 0.1) is 4.90 Å². The minimum atomic E-state index is -0.145. The van der Waals surface area contributed by atoms with Gasteiger partial charge in [0.2, 0.25) is 0 Å². The summed E-state index contributed by atoms with van der Waals surface area (Å²) in [4.78, 5) is 26.5. The van der Waals surface area contributed by atoms with E-state index in [9.17, 15) is 9.59 Å². The summed E-state index contributed by atoms with van der Waals surface area (Å²) in [5.41, 5.74) is 1.83. The third kappa shape index (κ3) is 3.70. The summed E-state index contributed by atoms with van der Waals surface area (Å²) < 4.78 is 1.53. The van der Waals surface area contributed by atoms with Crippen LogP contribution < -0.4 is 5.56 Å². The van der Waals surface area contributed by atoms with Gasteiger partial charge in [-0.15, -0.1) is 0 Å². The SMILES string of the molecule is CC(=O)c1cn(-c2ccccc2)c(=O)c(Sc2ccc(Cl)cc2)c1C. The number of carbonyl (C=O) groups excluding carboxylic acids is 1. The van der Waals surface area contributed by atoms with Gasteiger partial charge in [-0.1, -0.05) is 41.6 Å². The molecule has 0 radical (unpaired) electrons. The van der Waals surface area contributed by atoms with E-state index in [1.54, 1.807) is 18.3 Å². The Morgan fingerprint density at radius 3 is 2.28 bits per heavy atom. The van der Waals surface area contributed by atoms with E-state index in [-0.39, 0.29) is 11.3 Å². The molecule has 2 aromatic carbocycles. The minimum absolute atomic E-state index is 0.0693. The first-order valence-corrected chi connectivity index (χ1v) is 8.93. The molecule has 5 heteroatoms. The van der Waals surface area contributed by atoms with Crippen LogP contribution in [-0.2, 0) is 0 Å². The van der Waals surface area contributed by atoms with Gasteiger partial charge in [0.1, 0.15) is 0 Å². The van der Waals surface area contributed by atoms with Crippen LogP contribution in [0.5, 0.6) is 0 Å². The number of benzene rings is 2. The lowest BCUT2D eigenvalue weighted by Crippen LogP contribution is -2.23. The Balaban J connectivity index is 2.19. The summed E-state index contributed by atoms with van der Waals surface area (Å²) in [5, 5.41) is 0.639. The standard InChI is InChI=1S/C20H16ClNO2S/c1-13-18(14(2)23)12-22(16-6-4-3-5-7-16)20(24)19(13)25-17-10-8-15(21)9-11-17/h3-12H,1-2H3. The lowest BCUT2D eigenvalue weighted by Gasteiger charge is -2.14. The smallest absolute Gasteiger partial charge is 0.269 e. The fourth-order valence-corrected chi connectivity index (χ4v) is 3.64. The molecule has 0 saturated heterocycles. The van der Waals surface area contributed by atoms with Crippen LogP contribution in [0.4, 0.5) is 0 Å². The predicted molar refractivity (Wildman–Crippen MR) is 102 cm³/mol. The molecule has 3 rings (SSSR count). The van der Waals surface area contributed by atoms with Crippen molar-refractivity contribution in [3.63, 3.8) is 0 Å². The third-order valence-electron chi connectivity index (χ3n) is 3.86. The molecule has 3 aromatic rings. The molecular weight excluding hydrogens is 354 g/mol. The van der Waals surface area contributed by atoms with Crippen molar-refractivity contribution in [2.75, 3.05) is 0 Å². The monoisotopic (exact) mass is 369 g/mol. The summed E-state index contributed by atoms with van der Waals surface area (Å²) in [6.07, 6.45) is 1.63. The van der Waals surface area contributed by atoms with Crippen LogP contribution in [0.3, 0.4) is 0 Å². The van der Waals surface area contributed by atoms with Crippen LogP contribution in [0.15, 0.2) is 75.4 Å². The molecule has 0 atom stereocenters. The number of nitrogens with zero attached hydrogens (tertiary/aromatic N) is 1. The lowest BCUT2D eigenvalue weighted by atomic mass is 10.1. The summed E-state index contributed by atoms with van der Waals surface area (Å²) in [5.74, 6) is -0.0693. The van der Waals surface area contributed by atoms with E-state index >= 15 is 0 Å². The van der Waals surface area contributed by atoms with Gasteiger partial charge in [-0.2, -0.15) is 0 Å². The van der Waals surface area contributed by atoms with E-state index in [0.717, 1.165) is 10.6 Å². The molecule has 0 aliphatic heterocycles. The first-order valence-electron chi connectivity index (χ1n) is 7.73. The van der Waals surface area contributed by atoms with Crippen molar-refractivity contribution in [3.05, 3.63) is 87.3 Å². The fraction of sp³-hybridized carbons (Fsp3) is 0.100. The number of hydrogen-bond acceptors (Lipinski definition) is 3. The fourth-order valence-electron chi connectivity index (χ4n) is 2.55. The number of pyridine rings is 1. The molecule has 0 N–H and O–H groups in total. The van der Waals surface area contributed by atoms with Crippen molar-refractivity contribution in [1.82, 2.24) is 4.57 Å². The van der Waals surface area contributed by atoms with Crippen LogP contribution >= 0.6 is 23.4 Å². The van der Waals surface area contributed by atoms with Gasteiger partial charge < -0.3 is 0 Å². The average molecular weight is 370 g/mol. The molecule has 0 saturated carbocycles. The zero-order valence-electron chi connectivity index (χ0n) is 13.8. The van der Waals surface area contributed by atoms with E-state index in [1.807, 2.05) is 49.4 Å². The second kappa shape index (κ2) is 7.30. The maximum absolute atomic E-state index is 13.0. The Hall–Kier alpha value is -2.30. The van der Waals surface area contributed by atoms with Crippen molar-refractivity contribution in [2.24, 2.45) is 0 Å². The van der Waals surface area contributed by atoms with Crippen LogP contribution in [0.2, 0.25) is 5.02 Å². The van der Waals surface area contributed by atoms with Gasteiger partial charge in [0, 0.05) is 27.4 Å². The van der Waals surface area contributed by atoms with Gasteiger partial charge in [-0.3, -0.25) is 14.2 Å². The molecule has 1 aromatic heterocycles. The largest absolute Gasteiger partial charge is 0.294 e. The van der Waals surface area contributed by atoms with E-state index in [1.165, 1.54) is 23.3 Å². The average Bonchev–Trinajstić information content (AvgIpc) is 2.61. The quantitative estimate of drug-likeness (QED) is 0.597. The predicted octanol–water partition coefficient (Wildman–Crippen LogP) is 5.15. The summed E-state index contributed by atoms with van der Waals surface area (Å²) in [7, 11) is 0. The minimum Gasteiger partial charge on any atom is -0.294 e. The molecular formula is C20H16ClNO2S. The number of Topliss-reactive ketones (excluding diaryl/α,β-unsaturated/α-hetero) is 1. The number of ketones is 1. The number of halogens is 1. The zero-order chi connectivity index (χ0) is 18.0. The third-order valence-corrected chi connectivity index (χ3v) is 5.31. The second-order valence-corrected chi connectivity index (χ2v) is 7.14. The number of hydrogen-bond donors (Lipinski definition) is 0. The molecule has 0 amide bonds. The molecule has 0 fully saturated rings. The van der Waals surface area contributed by atoms with Gasteiger partial charge in [0.25, 0.3) is 5.56 Å². The summed E-state index contributed by atoms with van der Waals surface area (Å²) in [6, 6.07) is 16.6. The van der Waals surface area contributed by atoms with E-state index in [4.69, 9.17) is 11.6 Å². The molecule has 25 heavy (non-hydrogen) atoms. The number of para-hydroxylation sites is 1. The van der Waals surface area contributed by atoms with Crippen molar-refractivity contribution < 1.29 is 4.79 Å². The highest BCUT2D eigenvalue weighted by molar-refractivity contribution is 7.99. The van der Waals surface area contributed by atoms with Crippen LogP contribution in [-0.4, -0.2) is 10.4 Å². The van der Waals surface area contributed by atoms with Crippen molar-refractivity contribution in [2.45, 2.75) is 23.6 Å². The Bertz CT molecular complexity index is 979. The van der Waals surface area contributed by atoms with Crippen LogP contribution in [0.25, 0.3) is 5.69 Å². The molecule has 0 aliphatic carbocycles. The molecule has 1 heterocycles. The molecule has 0 unspecified atom stereocenters. The van der Waals surface area contributed by atoms with Crippen molar-refractivity contribution in [3.8, 4) is 5.69 Å². The van der Waals surface area contributed by atoms with Gasteiger partial charge in [0.15, 0.2) is 5.78 Å². The summed E-state index contributed by atoms with van der Waals surface area (Å²) >= 11 is 7.28. The van der Waals surface area contributed by atoms with E-state index < -0.39 is 0 Å². The molecule has 0 spiro atoms. The highest BCUT2D eigenvalue weighted by atomic mass is 35.5. The highest BCUT2D eigenvalue weighted by Gasteiger charge is 2.17. The maximum Gasteiger partial charge on any atom is 0.269 e. The first kappa shape index (κ1) is 17.5. The Labute approximate surface area is 155 Å². The van der Waals surface area contributed by atoms with Crippen molar-refractivity contribution in [1.29, 1.82) is 0 Å². The Morgan fingerprint density at radius 2 is 1.68 bits per heavy atom. The Kier molecular flexibility index (Phi) is 5.11. The Morgan fingerprint density at radius 1 is 1.04 bits per heavy atom. The lowest BCUT2D eigenvalue weighted by molar-refractivity contribution is 0.101. The maximum atomic E-state index is 13.0. The normalized spacial score (nSPS) is 10.7. The second-order valence-electron chi connectivity index (χ2n) is 5.62. The van der Waals surface area contributed by atoms with E-state index in [2.05, 4.69) is 0 Å². The van der Waals surface area contributed by atoms with Gasteiger partial charge in [-0.25, -0.2) is 0 Å². The molecule has 0 aliphatic rings. The topological polar surface area (TPSA) is 39.1 Å². The number of aromatic nitrogens is 1. The first-order chi connectivity index (χ1) is 12.0. The molecule has 126 valence electrons. The number of rotatable bonds is 4. The molecule has 0 bridgehead atoms. The van der Waals surface area contributed by atoms with Gasteiger partial charge >= 0.3 is 0 Å². The zero-order valence-corrected chi connectivity index (χ0v) is 15.4. The number of carbonyl (C=O) groups is 1. The van der Waals surface area contributed by atoms with Crippen molar-refractivity contribution >= 4 is 29.1 Å². The van der Waals surface area contributed by atoms with E-state index in [0.29, 0.717) is 21.0 Å². The van der Waals surface area contributed by atoms with Crippen LogP contribution in [0.1, 0.15) is 22.8 Å². The highest BCUT2D eigenvalue weighted by Crippen LogP contribution is 2.30. The van der Waals surface area contributed by atoms with Crippen LogP contribution in [0, 0.1) is 6.92 Å². The molecule has 3 nitrogen and oxygen atoms in total.